The zero-order valence-electron chi connectivity index (χ0n) is 21.5. The fourth-order valence-corrected chi connectivity index (χ4v) is 5.13. The third-order valence-electron chi connectivity index (χ3n) is 6.97. The smallest absolute Gasteiger partial charge is 0.263 e. The largest absolute Gasteiger partial charge is 0.354 e. The molecule has 2 aromatic carbocycles. The number of amides is 1. The van der Waals surface area contributed by atoms with Crippen molar-refractivity contribution in [2.45, 2.75) is 19.8 Å². The second-order valence-electron chi connectivity index (χ2n) is 9.69. The quantitative estimate of drug-likeness (QED) is 0.288. The van der Waals surface area contributed by atoms with E-state index in [2.05, 4.69) is 46.2 Å². The molecule has 8 nitrogen and oxygen atoms in total. The van der Waals surface area contributed by atoms with Crippen LogP contribution in [0.2, 0.25) is 5.02 Å². The fourth-order valence-electron chi connectivity index (χ4n) is 4.91. The molecule has 1 saturated heterocycles. The van der Waals surface area contributed by atoms with Gasteiger partial charge < -0.3 is 14.3 Å². The highest BCUT2D eigenvalue weighted by molar-refractivity contribution is 6.33. The minimum atomic E-state index is -0.0589. The number of hydrogen-bond acceptors (Lipinski definition) is 7. The third-order valence-corrected chi connectivity index (χ3v) is 7.30. The van der Waals surface area contributed by atoms with Gasteiger partial charge in [-0.05, 0) is 43.2 Å². The molecular weight excluding hydrogens is 512 g/mol. The first kappa shape index (κ1) is 25.0. The molecule has 196 valence electrons. The Labute approximate surface area is 231 Å². The fraction of sp³-hybridized carbons (Fsp3) is 0.233. The number of anilines is 1. The second kappa shape index (κ2) is 10.8. The summed E-state index contributed by atoms with van der Waals surface area (Å²) in [5.74, 6) is 1.36. The summed E-state index contributed by atoms with van der Waals surface area (Å²) >= 11 is 6.33. The molecule has 1 aliphatic rings. The lowest BCUT2D eigenvalue weighted by atomic mass is 10.1. The van der Waals surface area contributed by atoms with Crippen molar-refractivity contribution in [2.75, 3.05) is 31.1 Å². The van der Waals surface area contributed by atoms with Gasteiger partial charge in [-0.2, -0.15) is 4.98 Å². The average molecular weight is 539 g/mol. The second-order valence-corrected chi connectivity index (χ2v) is 10.1. The van der Waals surface area contributed by atoms with Crippen molar-refractivity contribution in [3.8, 4) is 11.3 Å². The molecule has 1 amide bonds. The molecule has 0 aliphatic carbocycles. The molecule has 5 aromatic rings. The van der Waals surface area contributed by atoms with Crippen LogP contribution in [0.5, 0.6) is 0 Å². The summed E-state index contributed by atoms with van der Waals surface area (Å²) in [5, 5.41) is 5.59. The maximum atomic E-state index is 13.3. The van der Waals surface area contributed by atoms with Crippen LogP contribution in [0.25, 0.3) is 22.4 Å². The zero-order chi connectivity index (χ0) is 26.8. The van der Waals surface area contributed by atoms with Gasteiger partial charge in [0.1, 0.15) is 22.7 Å². The first-order chi connectivity index (χ1) is 19.1. The Morgan fingerprint density at radius 1 is 0.974 bits per heavy atom. The molecule has 39 heavy (non-hydrogen) atoms. The normalized spacial score (nSPS) is 14.0. The van der Waals surface area contributed by atoms with Gasteiger partial charge in [-0.25, -0.2) is 4.98 Å². The number of fused-ring (bicyclic) bond motifs is 1. The van der Waals surface area contributed by atoms with E-state index in [9.17, 15) is 4.79 Å². The summed E-state index contributed by atoms with van der Waals surface area (Å²) in [6.07, 6.45) is 4.83. The van der Waals surface area contributed by atoms with Crippen LogP contribution < -0.4 is 4.90 Å². The SMILES string of the molecule is Cc1ccc(Cc2nc(N3CCCN(C(=O)c4ccccc4Cl)CC3)c3c(-c4cccnc4)noc3n2)cc1. The summed E-state index contributed by atoms with van der Waals surface area (Å²) < 4.78 is 5.76. The first-order valence-electron chi connectivity index (χ1n) is 13.0. The average Bonchev–Trinajstić information content (AvgIpc) is 3.23. The van der Waals surface area contributed by atoms with Crippen LogP contribution in [-0.4, -0.2) is 57.1 Å². The summed E-state index contributed by atoms with van der Waals surface area (Å²) in [6.45, 7) is 4.56. The summed E-state index contributed by atoms with van der Waals surface area (Å²) in [5.41, 5.74) is 4.77. The van der Waals surface area contributed by atoms with Crippen LogP contribution in [0, 0.1) is 6.92 Å². The number of nitrogens with zero attached hydrogens (tertiary/aromatic N) is 6. The molecule has 1 fully saturated rings. The van der Waals surface area contributed by atoms with Crippen LogP contribution in [0.15, 0.2) is 77.6 Å². The van der Waals surface area contributed by atoms with Gasteiger partial charge in [0.15, 0.2) is 0 Å². The molecule has 4 heterocycles. The monoisotopic (exact) mass is 538 g/mol. The van der Waals surface area contributed by atoms with Crippen LogP contribution >= 0.6 is 11.6 Å². The lowest BCUT2D eigenvalue weighted by molar-refractivity contribution is 0.0767. The van der Waals surface area contributed by atoms with Gasteiger partial charge in [0.2, 0.25) is 0 Å². The van der Waals surface area contributed by atoms with Crippen LogP contribution in [-0.2, 0) is 6.42 Å². The molecule has 9 heteroatoms. The number of pyridine rings is 1. The number of rotatable bonds is 5. The highest BCUT2D eigenvalue weighted by atomic mass is 35.5. The maximum absolute atomic E-state index is 13.3. The third kappa shape index (κ3) is 5.20. The van der Waals surface area contributed by atoms with Crippen molar-refractivity contribution in [2.24, 2.45) is 0 Å². The lowest BCUT2D eigenvalue weighted by Crippen LogP contribution is -2.35. The Morgan fingerprint density at radius 3 is 2.62 bits per heavy atom. The summed E-state index contributed by atoms with van der Waals surface area (Å²) in [6, 6.07) is 19.4. The molecule has 0 saturated carbocycles. The van der Waals surface area contributed by atoms with E-state index in [0.717, 1.165) is 35.3 Å². The molecule has 0 spiro atoms. The van der Waals surface area contributed by atoms with Gasteiger partial charge in [0.05, 0.1) is 10.6 Å². The number of benzene rings is 2. The molecular formula is C30H27ClN6O2. The molecule has 3 aromatic heterocycles. The Kier molecular flexibility index (Phi) is 6.94. The van der Waals surface area contributed by atoms with Crippen molar-refractivity contribution in [3.63, 3.8) is 0 Å². The van der Waals surface area contributed by atoms with Gasteiger partial charge in [-0.1, -0.05) is 58.7 Å². The van der Waals surface area contributed by atoms with E-state index in [1.165, 1.54) is 5.56 Å². The van der Waals surface area contributed by atoms with E-state index in [4.69, 9.17) is 26.1 Å². The van der Waals surface area contributed by atoms with Gasteiger partial charge in [0.25, 0.3) is 11.6 Å². The number of aromatic nitrogens is 4. The molecule has 0 bridgehead atoms. The first-order valence-corrected chi connectivity index (χ1v) is 13.4. The van der Waals surface area contributed by atoms with Crippen molar-refractivity contribution in [1.82, 2.24) is 25.0 Å². The Morgan fingerprint density at radius 2 is 1.82 bits per heavy atom. The topological polar surface area (TPSA) is 88.3 Å². The van der Waals surface area contributed by atoms with Gasteiger partial charge in [0, 0.05) is 50.6 Å². The molecule has 6 rings (SSSR count). The van der Waals surface area contributed by atoms with Crippen LogP contribution in [0.3, 0.4) is 0 Å². The summed E-state index contributed by atoms with van der Waals surface area (Å²) in [4.78, 5) is 31.4. The van der Waals surface area contributed by atoms with Crippen LogP contribution in [0.4, 0.5) is 5.82 Å². The van der Waals surface area contributed by atoms with Gasteiger partial charge in [-0.15, -0.1) is 0 Å². The number of halogens is 1. The van der Waals surface area contributed by atoms with Crippen LogP contribution in [0.1, 0.15) is 33.7 Å². The minimum Gasteiger partial charge on any atom is -0.354 e. The van der Waals surface area contributed by atoms with E-state index < -0.39 is 0 Å². The van der Waals surface area contributed by atoms with Crippen molar-refractivity contribution in [1.29, 1.82) is 0 Å². The minimum absolute atomic E-state index is 0.0589. The van der Waals surface area contributed by atoms with E-state index >= 15 is 0 Å². The van der Waals surface area contributed by atoms with E-state index in [1.807, 2.05) is 29.2 Å². The maximum Gasteiger partial charge on any atom is 0.263 e. The lowest BCUT2D eigenvalue weighted by Gasteiger charge is -2.24. The van der Waals surface area contributed by atoms with Crippen molar-refractivity contribution >= 4 is 34.4 Å². The number of aryl methyl sites for hydroxylation is 1. The predicted molar refractivity (Wildman–Crippen MR) is 151 cm³/mol. The van der Waals surface area contributed by atoms with E-state index in [1.54, 1.807) is 24.5 Å². The molecule has 1 aliphatic heterocycles. The number of hydrogen-bond donors (Lipinski definition) is 0. The standard InChI is InChI=1S/C30H27ClN6O2/c1-20-9-11-21(12-10-20)18-25-33-28(26-27(35-39-29(26)34-25)22-6-4-13-32-19-22)36-14-5-15-37(17-16-36)30(38)23-7-2-3-8-24(23)31/h2-4,6-13,19H,5,14-18H2,1H3. The Hall–Kier alpha value is -4.30. The Bertz CT molecular complexity index is 1620. The highest BCUT2D eigenvalue weighted by Crippen LogP contribution is 2.34. The Balaban J connectivity index is 1.36. The van der Waals surface area contributed by atoms with E-state index in [-0.39, 0.29) is 5.91 Å². The summed E-state index contributed by atoms with van der Waals surface area (Å²) in [7, 11) is 0. The molecule has 0 atom stereocenters. The molecule has 0 N–H and O–H groups in total. The van der Waals surface area contributed by atoms with Gasteiger partial charge in [-0.3, -0.25) is 9.78 Å². The molecule has 0 radical (unpaired) electrons. The highest BCUT2D eigenvalue weighted by Gasteiger charge is 2.27. The van der Waals surface area contributed by atoms with Gasteiger partial charge >= 0.3 is 0 Å². The number of carbonyl (C=O) groups is 1. The predicted octanol–water partition coefficient (Wildman–Crippen LogP) is 5.58. The number of carbonyl (C=O) groups excluding carboxylic acids is 1. The van der Waals surface area contributed by atoms with E-state index in [0.29, 0.717) is 53.9 Å². The zero-order valence-corrected chi connectivity index (χ0v) is 22.3. The van der Waals surface area contributed by atoms with Crippen molar-refractivity contribution < 1.29 is 9.32 Å². The van der Waals surface area contributed by atoms with Crippen molar-refractivity contribution in [3.05, 3.63) is 101 Å². The molecule has 0 unspecified atom stereocenters.